The minimum absolute atomic E-state index is 0.125. The predicted octanol–water partition coefficient (Wildman–Crippen LogP) is 4.82. The third-order valence-corrected chi connectivity index (χ3v) is 5.03. The molecule has 0 aliphatic heterocycles. The first-order chi connectivity index (χ1) is 11.8. The van der Waals surface area contributed by atoms with Crippen molar-refractivity contribution < 1.29 is 4.79 Å². The summed E-state index contributed by atoms with van der Waals surface area (Å²) in [6, 6.07) is 12.0. The summed E-state index contributed by atoms with van der Waals surface area (Å²) < 4.78 is 1.91. The Bertz CT molecular complexity index is 943. The minimum atomic E-state index is -0.667. The maximum atomic E-state index is 12.7. The molecule has 1 N–H and O–H groups in total. The monoisotopic (exact) mass is 355 g/mol. The van der Waals surface area contributed by atoms with Crippen LogP contribution in [0.2, 0.25) is 0 Å². The van der Waals surface area contributed by atoms with E-state index in [1.54, 1.807) is 0 Å². The van der Waals surface area contributed by atoms with Gasteiger partial charge in [0, 0.05) is 17.6 Å². The highest BCUT2D eigenvalue weighted by molar-refractivity contribution is 6.20. The van der Waals surface area contributed by atoms with E-state index >= 15 is 0 Å². The van der Waals surface area contributed by atoms with Crippen molar-refractivity contribution in [3.05, 3.63) is 53.7 Å². The van der Waals surface area contributed by atoms with Gasteiger partial charge in [0.15, 0.2) is 0 Å². The van der Waals surface area contributed by atoms with Gasteiger partial charge in [-0.3, -0.25) is 9.20 Å². The molecule has 0 spiro atoms. The summed E-state index contributed by atoms with van der Waals surface area (Å²) in [5, 5.41) is 3.05. The van der Waals surface area contributed by atoms with Crippen molar-refractivity contribution in [3.8, 4) is 11.3 Å². The number of carbonyl (C=O) groups is 1. The largest absolute Gasteiger partial charge is 0.309 e. The molecule has 0 fully saturated rings. The van der Waals surface area contributed by atoms with Crippen LogP contribution in [-0.4, -0.2) is 21.2 Å². The Hall–Kier alpha value is -2.33. The van der Waals surface area contributed by atoms with Crippen LogP contribution in [0.3, 0.4) is 0 Å². The summed E-state index contributed by atoms with van der Waals surface area (Å²) in [4.78, 5) is 17.5. The molecule has 0 radical (unpaired) electrons. The molecule has 5 heteroatoms. The van der Waals surface area contributed by atoms with E-state index in [1.807, 2.05) is 74.7 Å². The number of nitrogens with zero attached hydrogens (tertiary/aromatic N) is 2. The molecule has 0 saturated heterocycles. The van der Waals surface area contributed by atoms with Gasteiger partial charge in [0.05, 0.1) is 5.41 Å². The highest BCUT2D eigenvalue weighted by Gasteiger charge is 2.28. The smallest absolute Gasteiger partial charge is 0.232 e. The number of pyridine rings is 1. The fraction of sp³-hybridized carbons (Fsp3) is 0.300. The van der Waals surface area contributed by atoms with Crippen LogP contribution in [0.25, 0.3) is 16.9 Å². The summed E-state index contributed by atoms with van der Waals surface area (Å²) in [7, 11) is 0. The molecule has 4 nitrogen and oxygen atoms in total. The van der Waals surface area contributed by atoms with Crippen molar-refractivity contribution in [2.24, 2.45) is 5.41 Å². The third-order valence-electron chi connectivity index (χ3n) is 4.36. The summed E-state index contributed by atoms with van der Waals surface area (Å²) in [5.74, 6) is 0.793. The maximum Gasteiger partial charge on any atom is 0.232 e. The van der Waals surface area contributed by atoms with Gasteiger partial charge < -0.3 is 5.32 Å². The zero-order chi connectivity index (χ0) is 18.2. The van der Waals surface area contributed by atoms with E-state index in [2.05, 4.69) is 5.32 Å². The van der Waals surface area contributed by atoms with Crippen LogP contribution in [-0.2, 0) is 4.79 Å². The Kier molecular flexibility index (Phi) is 4.56. The molecule has 2 aromatic heterocycles. The lowest BCUT2D eigenvalue weighted by Gasteiger charge is -2.20. The van der Waals surface area contributed by atoms with Crippen LogP contribution in [0, 0.1) is 19.3 Å². The molecule has 0 unspecified atom stereocenters. The summed E-state index contributed by atoms with van der Waals surface area (Å²) in [5.41, 5.74) is 4.13. The number of amides is 1. The van der Waals surface area contributed by atoms with Crippen molar-refractivity contribution >= 4 is 29.0 Å². The van der Waals surface area contributed by atoms with E-state index in [0.717, 1.165) is 28.0 Å². The number of halogens is 1. The number of rotatable bonds is 4. The summed E-state index contributed by atoms with van der Waals surface area (Å²) in [6.45, 7) is 7.72. The molecule has 0 aliphatic rings. The van der Waals surface area contributed by atoms with Gasteiger partial charge in [-0.2, -0.15) is 0 Å². The highest BCUT2D eigenvalue weighted by atomic mass is 35.5. The van der Waals surface area contributed by atoms with Gasteiger partial charge in [-0.05, 0) is 51.0 Å². The van der Waals surface area contributed by atoms with Gasteiger partial charge in [0.25, 0.3) is 0 Å². The quantitative estimate of drug-likeness (QED) is 0.682. The standard InChI is InChI=1S/C20H22ClN3O/c1-13-9-10-24-16(11-13)22-17(15-8-6-5-7-14(15)2)18(24)23-19(25)20(3,4)12-21/h5-11H,12H2,1-4H3,(H,23,25). The average molecular weight is 356 g/mol. The second-order valence-electron chi connectivity index (χ2n) is 7.03. The molecular weight excluding hydrogens is 334 g/mol. The lowest BCUT2D eigenvalue weighted by atomic mass is 9.95. The average Bonchev–Trinajstić information content (AvgIpc) is 2.92. The Morgan fingerprint density at radius 1 is 1.24 bits per heavy atom. The Balaban J connectivity index is 2.19. The first-order valence-corrected chi connectivity index (χ1v) is 8.79. The van der Waals surface area contributed by atoms with Crippen molar-refractivity contribution in [2.45, 2.75) is 27.7 Å². The van der Waals surface area contributed by atoms with E-state index in [0.29, 0.717) is 5.82 Å². The van der Waals surface area contributed by atoms with Crippen LogP contribution in [0.1, 0.15) is 25.0 Å². The molecule has 130 valence electrons. The van der Waals surface area contributed by atoms with E-state index in [9.17, 15) is 4.79 Å². The Morgan fingerprint density at radius 3 is 2.64 bits per heavy atom. The fourth-order valence-electron chi connectivity index (χ4n) is 2.63. The molecule has 0 aliphatic carbocycles. The SMILES string of the molecule is Cc1ccn2c(NC(=O)C(C)(C)CCl)c(-c3ccccc3C)nc2c1. The topological polar surface area (TPSA) is 46.4 Å². The number of alkyl halides is 1. The second-order valence-corrected chi connectivity index (χ2v) is 7.30. The van der Waals surface area contributed by atoms with Crippen molar-refractivity contribution in [2.75, 3.05) is 11.2 Å². The minimum Gasteiger partial charge on any atom is -0.309 e. The van der Waals surface area contributed by atoms with Gasteiger partial charge >= 0.3 is 0 Å². The number of carbonyl (C=O) groups excluding carboxylic acids is 1. The molecule has 2 heterocycles. The zero-order valence-corrected chi connectivity index (χ0v) is 15.7. The molecule has 0 atom stereocenters. The highest BCUT2D eigenvalue weighted by Crippen LogP contribution is 2.32. The molecule has 0 saturated carbocycles. The van der Waals surface area contributed by atoms with Crippen molar-refractivity contribution in [1.29, 1.82) is 0 Å². The molecular formula is C20H22ClN3O. The number of imidazole rings is 1. The van der Waals surface area contributed by atoms with E-state index in [1.165, 1.54) is 0 Å². The van der Waals surface area contributed by atoms with E-state index in [4.69, 9.17) is 16.6 Å². The zero-order valence-electron chi connectivity index (χ0n) is 14.9. The van der Waals surface area contributed by atoms with Crippen LogP contribution in [0.5, 0.6) is 0 Å². The summed E-state index contributed by atoms with van der Waals surface area (Å²) in [6.07, 6.45) is 1.93. The van der Waals surface area contributed by atoms with Gasteiger partial charge in [-0.25, -0.2) is 4.98 Å². The van der Waals surface area contributed by atoms with Crippen LogP contribution in [0.15, 0.2) is 42.6 Å². The Morgan fingerprint density at radius 2 is 1.96 bits per heavy atom. The molecule has 25 heavy (non-hydrogen) atoms. The van der Waals surface area contributed by atoms with Crippen molar-refractivity contribution in [1.82, 2.24) is 9.38 Å². The normalized spacial score (nSPS) is 11.7. The first kappa shape index (κ1) is 17.5. The van der Waals surface area contributed by atoms with Crippen LogP contribution >= 0.6 is 11.6 Å². The number of benzene rings is 1. The first-order valence-electron chi connectivity index (χ1n) is 8.25. The predicted molar refractivity (Wildman–Crippen MR) is 103 cm³/mol. The summed E-state index contributed by atoms with van der Waals surface area (Å²) >= 11 is 5.97. The van der Waals surface area contributed by atoms with Gasteiger partial charge in [0.2, 0.25) is 5.91 Å². The van der Waals surface area contributed by atoms with Gasteiger partial charge in [-0.15, -0.1) is 11.6 Å². The number of anilines is 1. The number of hydrogen-bond acceptors (Lipinski definition) is 2. The number of hydrogen-bond donors (Lipinski definition) is 1. The molecule has 1 amide bonds. The van der Waals surface area contributed by atoms with Crippen LogP contribution < -0.4 is 5.32 Å². The van der Waals surface area contributed by atoms with E-state index < -0.39 is 5.41 Å². The number of nitrogens with one attached hydrogen (secondary N) is 1. The fourth-order valence-corrected chi connectivity index (χ4v) is 2.75. The molecule has 1 aromatic carbocycles. The van der Waals surface area contributed by atoms with Crippen LogP contribution in [0.4, 0.5) is 5.82 Å². The molecule has 3 rings (SSSR count). The number of aryl methyl sites for hydroxylation is 2. The van der Waals surface area contributed by atoms with Crippen molar-refractivity contribution in [3.63, 3.8) is 0 Å². The van der Waals surface area contributed by atoms with Gasteiger partial charge in [-0.1, -0.05) is 24.3 Å². The number of fused-ring (bicyclic) bond motifs is 1. The lowest BCUT2D eigenvalue weighted by Crippen LogP contribution is -2.32. The molecule has 0 bridgehead atoms. The second kappa shape index (κ2) is 6.52. The molecule has 3 aromatic rings. The van der Waals surface area contributed by atoms with Gasteiger partial charge in [0.1, 0.15) is 17.2 Å². The maximum absolute atomic E-state index is 12.7. The van der Waals surface area contributed by atoms with E-state index in [-0.39, 0.29) is 11.8 Å². The lowest BCUT2D eigenvalue weighted by molar-refractivity contribution is -0.123. The third kappa shape index (κ3) is 3.27. The Labute approximate surface area is 152 Å². The number of aromatic nitrogens is 2.